The maximum atomic E-state index is 11.2. The topological polar surface area (TPSA) is 32.3 Å². The van der Waals surface area contributed by atoms with Crippen LogP contribution in [-0.2, 0) is 4.79 Å². The summed E-state index contributed by atoms with van der Waals surface area (Å²) in [7, 11) is 3.80. The van der Waals surface area contributed by atoms with Crippen LogP contribution < -0.4 is 5.32 Å². The van der Waals surface area contributed by atoms with E-state index < -0.39 is 0 Å². The lowest BCUT2D eigenvalue weighted by Gasteiger charge is -2.31. The second kappa shape index (κ2) is 2.81. The van der Waals surface area contributed by atoms with Crippen molar-refractivity contribution in [2.45, 2.75) is 25.3 Å². The summed E-state index contributed by atoms with van der Waals surface area (Å²) in [5.41, 5.74) is 0.0475. The highest BCUT2D eigenvalue weighted by molar-refractivity contribution is 5.79. The first-order valence-corrected chi connectivity index (χ1v) is 4.01. The molecule has 1 saturated heterocycles. The third kappa shape index (κ3) is 1.38. The van der Waals surface area contributed by atoms with Crippen LogP contribution in [0, 0.1) is 0 Å². The summed E-state index contributed by atoms with van der Waals surface area (Å²) in [5.74, 6) is 0.266. The van der Waals surface area contributed by atoms with E-state index in [0.29, 0.717) is 6.42 Å². The van der Waals surface area contributed by atoms with Crippen molar-refractivity contribution in [3.05, 3.63) is 0 Å². The van der Waals surface area contributed by atoms with Crippen molar-refractivity contribution in [3.8, 4) is 0 Å². The van der Waals surface area contributed by atoms with Crippen LogP contribution in [0.15, 0.2) is 0 Å². The first-order chi connectivity index (χ1) is 5.10. The lowest BCUT2D eigenvalue weighted by atomic mass is 10.00. The standard InChI is InChI=1S/C8H16N2O/c1-8(6-9-2)5-4-7(11)10(8)3/h9H,4-6H2,1-3H3. The van der Waals surface area contributed by atoms with Gasteiger partial charge in [-0.05, 0) is 20.4 Å². The van der Waals surface area contributed by atoms with Gasteiger partial charge in [-0.15, -0.1) is 0 Å². The van der Waals surface area contributed by atoms with Gasteiger partial charge in [0.2, 0.25) is 5.91 Å². The molecule has 1 amide bonds. The van der Waals surface area contributed by atoms with Gasteiger partial charge in [0.25, 0.3) is 0 Å². The van der Waals surface area contributed by atoms with E-state index in [-0.39, 0.29) is 11.4 Å². The van der Waals surface area contributed by atoms with E-state index in [0.717, 1.165) is 13.0 Å². The molecule has 1 unspecified atom stereocenters. The fraction of sp³-hybridized carbons (Fsp3) is 0.875. The van der Waals surface area contributed by atoms with Crippen molar-refractivity contribution >= 4 is 5.91 Å². The van der Waals surface area contributed by atoms with Crippen LogP contribution in [0.3, 0.4) is 0 Å². The number of nitrogens with one attached hydrogen (secondary N) is 1. The Labute approximate surface area is 67.8 Å². The van der Waals surface area contributed by atoms with Crippen LogP contribution in [0.2, 0.25) is 0 Å². The molecule has 0 spiro atoms. The molecule has 1 N–H and O–H groups in total. The fourth-order valence-corrected chi connectivity index (χ4v) is 1.60. The average molecular weight is 156 g/mol. The molecule has 1 aliphatic heterocycles. The second-order valence-corrected chi connectivity index (χ2v) is 3.48. The van der Waals surface area contributed by atoms with Crippen LogP contribution in [-0.4, -0.2) is 37.0 Å². The molecule has 1 aliphatic rings. The lowest BCUT2D eigenvalue weighted by molar-refractivity contribution is -0.129. The molecular weight excluding hydrogens is 140 g/mol. The van der Waals surface area contributed by atoms with E-state index in [1.54, 1.807) is 0 Å². The van der Waals surface area contributed by atoms with Gasteiger partial charge in [0.1, 0.15) is 0 Å². The number of likely N-dealkylation sites (tertiary alicyclic amines) is 1. The third-order valence-electron chi connectivity index (χ3n) is 2.62. The zero-order valence-electron chi connectivity index (χ0n) is 7.48. The Balaban J connectivity index is 2.64. The summed E-state index contributed by atoms with van der Waals surface area (Å²) < 4.78 is 0. The van der Waals surface area contributed by atoms with Gasteiger partial charge < -0.3 is 10.2 Å². The van der Waals surface area contributed by atoms with Crippen LogP contribution in [0.5, 0.6) is 0 Å². The molecule has 0 aromatic carbocycles. The van der Waals surface area contributed by atoms with Gasteiger partial charge in [0, 0.05) is 20.0 Å². The minimum Gasteiger partial charge on any atom is -0.339 e. The van der Waals surface area contributed by atoms with Crippen molar-refractivity contribution in [1.29, 1.82) is 0 Å². The molecule has 3 heteroatoms. The fourth-order valence-electron chi connectivity index (χ4n) is 1.60. The largest absolute Gasteiger partial charge is 0.339 e. The van der Waals surface area contributed by atoms with E-state index in [2.05, 4.69) is 12.2 Å². The number of amides is 1. The molecule has 1 atom stereocenters. The molecular formula is C8H16N2O. The maximum absolute atomic E-state index is 11.2. The molecule has 11 heavy (non-hydrogen) atoms. The minimum absolute atomic E-state index is 0.0475. The van der Waals surface area contributed by atoms with E-state index in [4.69, 9.17) is 0 Å². The zero-order chi connectivity index (χ0) is 8.48. The van der Waals surface area contributed by atoms with Crippen LogP contribution in [0.4, 0.5) is 0 Å². The number of carbonyl (C=O) groups is 1. The monoisotopic (exact) mass is 156 g/mol. The SMILES string of the molecule is CNCC1(C)CCC(=O)N1C. The van der Waals surface area contributed by atoms with Crippen molar-refractivity contribution in [1.82, 2.24) is 10.2 Å². The Kier molecular flexibility index (Phi) is 2.18. The molecule has 3 nitrogen and oxygen atoms in total. The molecule has 1 fully saturated rings. The highest BCUT2D eigenvalue weighted by Gasteiger charge is 2.37. The van der Waals surface area contributed by atoms with Gasteiger partial charge in [0.05, 0.1) is 5.54 Å². The van der Waals surface area contributed by atoms with Gasteiger partial charge >= 0.3 is 0 Å². The van der Waals surface area contributed by atoms with E-state index >= 15 is 0 Å². The molecule has 0 aromatic rings. The van der Waals surface area contributed by atoms with Crippen LogP contribution in [0.1, 0.15) is 19.8 Å². The highest BCUT2D eigenvalue weighted by Crippen LogP contribution is 2.27. The number of carbonyl (C=O) groups excluding carboxylic acids is 1. The van der Waals surface area contributed by atoms with Crippen molar-refractivity contribution in [2.75, 3.05) is 20.6 Å². The normalized spacial score (nSPS) is 31.5. The Hall–Kier alpha value is -0.570. The number of likely N-dealkylation sites (N-methyl/N-ethyl adjacent to an activating group) is 2. The van der Waals surface area contributed by atoms with Crippen LogP contribution >= 0.6 is 0 Å². The first kappa shape index (κ1) is 8.53. The Morgan fingerprint density at radius 3 is 2.73 bits per heavy atom. The Morgan fingerprint density at radius 1 is 1.73 bits per heavy atom. The third-order valence-corrected chi connectivity index (χ3v) is 2.62. The van der Waals surface area contributed by atoms with E-state index in [1.165, 1.54) is 0 Å². The Bertz CT molecular complexity index is 169. The smallest absolute Gasteiger partial charge is 0.222 e. The number of rotatable bonds is 2. The van der Waals surface area contributed by atoms with Crippen molar-refractivity contribution in [3.63, 3.8) is 0 Å². The van der Waals surface area contributed by atoms with Gasteiger partial charge in [0.15, 0.2) is 0 Å². The molecule has 1 rings (SSSR count). The zero-order valence-corrected chi connectivity index (χ0v) is 7.48. The Morgan fingerprint density at radius 2 is 2.36 bits per heavy atom. The summed E-state index contributed by atoms with van der Waals surface area (Å²) in [6.45, 7) is 3.00. The van der Waals surface area contributed by atoms with E-state index in [1.807, 2.05) is 19.0 Å². The van der Waals surface area contributed by atoms with Crippen molar-refractivity contribution < 1.29 is 4.79 Å². The molecule has 0 radical (unpaired) electrons. The average Bonchev–Trinajstić information content (AvgIpc) is 2.19. The molecule has 0 aliphatic carbocycles. The predicted octanol–water partition coefficient (Wildman–Crippen LogP) is 0.217. The summed E-state index contributed by atoms with van der Waals surface area (Å²) in [6.07, 6.45) is 1.68. The minimum atomic E-state index is 0.0475. The first-order valence-electron chi connectivity index (χ1n) is 4.01. The molecule has 0 bridgehead atoms. The second-order valence-electron chi connectivity index (χ2n) is 3.48. The summed E-state index contributed by atoms with van der Waals surface area (Å²) in [4.78, 5) is 13.0. The van der Waals surface area contributed by atoms with Gasteiger partial charge in [-0.25, -0.2) is 0 Å². The number of nitrogens with zero attached hydrogens (tertiary/aromatic N) is 1. The quantitative estimate of drug-likeness (QED) is 0.620. The summed E-state index contributed by atoms with van der Waals surface area (Å²) in [5, 5.41) is 3.11. The number of hydrogen-bond acceptors (Lipinski definition) is 2. The highest BCUT2D eigenvalue weighted by atomic mass is 16.2. The summed E-state index contributed by atoms with van der Waals surface area (Å²) in [6, 6.07) is 0. The van der Waals surface area contributed by atoms with Gasteiger partial charge in [-0.1, -0.05) is 0 Å². The molecule has 1 heterocycles. The molecule has 64 valence electrons. The lowest BCUT2D eigenvalue weighted by Crippen LogP contribution is -2.47. The van der Waals surface area contributed by atoms with Gasteiger partial charge in [-0.2, -0.15) is 0 Å². The summed E-state index contributed by atoms with van der Waals surface area (Å²) >= 11 is 0. The van der Waals surface area contributed by atoms with Gasteiger partial charge in [-0.3, -0.25) is 4.79 Å². The molecule has 0 aromatic heterocycles. The number of hydrogen-bond donors (Lipinski definition) is 1. The predicted molar refractivity (Wildman–Crippen MR) is 44.3 cm³/mol. The maximum Gasteiger partial charge on any atom is 0.222 e. The van der Waals surface area contributed by atoms with E-state index in [9.17, 15) is 4.79 Å². The molecule has 0 saturated carbocycles. The van der Waals surface area contributed by atoms with Crippen molar-refractivity contribution in [2.24, 2.45) is 0 Å². The van der Waals surface area contributed by atoms with Crippen LogP contribution in [0.25, 0.3) is 0 Å².